The van der Waals surface area contributed by atoms with Gasteiger partial charge in [-0.05, 0) is 23.2 Å². The van der Waals surface area contributed by atoms with Crippen molar-refractivity contribution in [1.82, 2.24) is 0 Å². The van der Waals surface area contributed by atoms with Gasteiger partial charge in [-0.15, -0.1) is 11.8 Å². The standard InChI is InChI=1S/C7H8N2O2S/c1-12-7-4-2-6(3-5-7)9(11)8-10/h2-5,10H,1H3. The number of rotatable bonds is 2. The summed E-state index contributed by atoms with van der Waals surface area (Å²) in [5, 5.41) is 21.3. The van der Waals surface area contributed by atoms with Crippen molar-refractivity contribution in [1.29, 1.82) is 0 Å². The molecule has 5 heteroatoms. The zero-order chi connectivity index (χ0) is 8.97. The minimum absolute atomic E-state index is 0.157. The molecule has 0 fully saturated rings. The molecule has 0 aliphatic rings. The Bertz CT molecular complexity index is 284. The molecule has 1 rings (SSSR count). The van der Waals surface area contributed by atoms with Crippen molar-refractivity contribution in [3.63, 3.8) is 0 Å². The fourth-order valence-electron chi connectivity index (χ4n) is 0.761. The summed E-state index contributed by atoms with van der Waals surface area (Å²) in [6, 6.07) is 6.77. The van der Waals surface area contributed by atoms with E-state index in [-0.39, 0.29) is 4.86 Å². The van der Waals surface area contributed by atoms with Crippen LogP contribution in [0.2, 0.25) is 0 Å². The van der Waals surface area contributed by atoms with Crippen LogP contribution in [-0.4, -0.2) is 16.3 Å². The molecule has 64 valence electrons. The lowest BCUT2D eigenvalue weighted by atomic mass is 10.3. The van der Waals surface area contributed by atoms with E-state index in [2.05, 4.69) is 5.28 Å². The van der Waals surface area contributed by atoms with Crippen molar-refractivity contribution in [3.05, 3.63) is 29.5 Å². The minimum Gasteiger partial charge on any atom is -0.592 e. The van der Waals surface area contributed by atoms with Gasteiger partial charge in [-0.2, -0.15) is 0 Å². The van der Waals surface area contributed by atoms with E-state index >= 15 is 0 Å². The molecule has 1 N–H and O–H groups in total. The van der Waals surface area contributed by atoms with Crippen LogP contribution in [0.1, 0.15) is 0 Å². The Morgan fingerprint density at radius 2 is 2.00 bits per heavy atom. The second kappa shape index (κ2) is 3.96. The quantitative estimate of drug-likeness (QED) is 0.332. The van der Waals surface area contributed by atoms with Crippen molar-refractivity contribution < 1.29 is 10.1 Å². The summed E-state index contributed by atoms with van der Waals surface area (Å²) in [4.78, 5) is 1.22. The summed E-state index contributed by atoms with van der Waals surface area (Å²) in [5.74, 6) is 0. The van der Waals surface area contributed by atoms with Gasteiger partial charge < -0.3 is 10.4 Å². The maximum atomic E-state index is 10.7. The molecular weight excluding hydrogens is 176 g/mol. The lowest BCUT2D eigenvalue weighted by molar-refractivity contribution is -0.473. The van der Waals surface area contributed by atoms with Crippen molar-refractivity contribution in [3.8, 4) is 0 Å². The summed E-state index contributed by atoms with van der Waals surface area (Å²) >= 11 is 1.58. The van der Waals surface area contributed by atoms with Gasteiger partial charge in [0.1, 0.15) is 0 Å². The zero-order valence-corrected chi connectivity index (χ0v) is 7.28. The van der Waals surface area contributed by atoms with Crippen LogP contribution in [-0.2, 0) is 0 Å². The van der Waals surface area contributed by atoms with Crippen molar-refractivity contribution in [2.75, 3.05) is 6.26 Å². The normalized spacial score (nSPS) is 11.6. The molecule has 0 bridgehead atoms. The number of hydrogen-bond acceptors (Lipinski definition) is 3. The van der Waals surface area contributed by atoms with Gasteiger partial charge in [0, 0.05) is 17.0 Å². The molecular formula is C7H8N2O2S. The van der Waals surface area contributed by atoms with Crippen LogP contribution in [0.25, 0.3) is 0 Å². The summed E-state index contributed by atoms with van der Waals surface area (Å²) in [7, 11) is 0. The zero-order valence-electron chi connectivity index (χ0n) is 6.47. The topological polar surface area (TPSA) is 58.7 Å². The van der Waals surface area contributed by atoms with E-state index in [1.807, 2.05) is 6.26 Å². The Balaban J connectivity index is 2.92. The molecule has 1 aromatic carbocycles. The van der Waals surface area contributed by atoms with E-state index in [1.165, 1.54) is 0 Å². The molecule has 0 amide bonds. The van der Waals surface area contributed by atoms with Crippen molar-refractivity contribution in [2.45, 2.75) is 4.90 Å². The Hall–Kier alpha value is -1.23. The monoisotopic (exact) mass is 184 g/mol. The van der Waals surface area contributed by atoms with E-state index in [1.54, 1.807) is 36.0 Å². The van der Waals surface area contributed by atoms with Gasteiger partial charge in [-0.3, -0.25) is 0 Å². The van der Waals surface area contributed by atoms with Gasteiger partial charge >= 0.3 is 0 Å². The highest BCUT2D eigenvalue weighted by molar-refractivity contribution is 7.98. The smallest absolute Gasteiger partial charge is 0.248 e. The molecule has 0 heterocycles. The maximum Gasteiger partial charge on any atom is 0.248 e. The summed E-state index contributed by atoms with van der Waals surface area (Å²) < 4.78 is 0. The van der Waals surface area contributed by atoms with E-state index in [9.17, 15) is 5.21 Å². The van der Waals surface area contributed by atoms with Crippen LogP contribution in [0.4, 0.5) is 5.69 Å². The highest BCUT2D eigenvalue weighted by atomic mass is 32.2. The Morgan fingerprint density at radius 1 is 1.42 bits per heavy atom. The molecule has 0 aliphatic heterocycles. The number of nitrogens with zero attached hydrogens (tertiary/aromatic N) is 2. The molecule has 12 heavy (non-hydrogen) atoms. The number of thioether (sulfide) groups is 1. The van der Waals surface area contributed by atoms with E-state index in [4.69, 9.17) is 5.21 Å². The maximum absolute atomic E-state index is 10.7. The third-order valence-electron chi connectivity index (χ3n) is 1.37. The first-order chi connectivity index (χ1) is 5.77. The fraction of sp³-hybridized carbons (Fsp3) is 0.143. The Kier molecular flexibility index (Phi) is 2.93. The molecule has 1 aromatic rings. The lowest BCUT2D eigenvalue weighted by Gasteiger charge is -1.97. The third-order valence-corrected chi connectivity index (χ3v) is 2.12. The number of benzene rings is 1. The van der Waals surface area contributed by atoms with Crippen molar-refractivity contribution >= 4 is 17.4 Å². The lowest BCUT2D eigenvalue weighted by Crippen LogP contribution is -1.89. The van der Waals surface area contributed by atoms with Crippen LogP contribution in [0.5, 0.6) is 0 Å². The van der Waals surface area contributed by atoms with Gasteiger partial charge in [0.15, 0.2) is 0 Å². The average Bonchev–Trinajstić information content (AvgIpc) is 2.17. The molecule has 0 radical (unpaired) electrons. The van der Waals surface area contributed by atoms with Crippen LogP contribution < -0.4 is 0 Å². The van der Waals surface area contributed by atoms with Crippen molar-refractivity contribution in [2.24, 2.45) is 5.28 Å². The van der Waals surface area contributed by atoms with Gasteiger partial charge in [0.2, 0.25) is 11.0 Å². The molecule has 0 aromatic heterocycles. The number of hydrogen-bond donors (Lipinski definition) is 1. The van der Waals surface area contributed by atoms with Crippen LogP contribution in [0, 0.1) is 5.21 Å². The van der Waals surface area contributed by atoms with Crippen LogP contribution >= 0.6 is 11.8 Å². The predicted molar refractivity (Wildman–Crippen MR) is 45.7 cm³/mol. The highest BCUT2D eigenvalue weighted by Gasteiger charge is 2.01. The average molecular weight is 184 g/mol. The third kappa shape index (κ3) is 1.88. The fourth-order valence-corrected chi connectivity index (χ4v) is 1.17. The van der Waals surface area contributed by atoms with E-state index in [0.717, 1.165) is 4.90 Å². The molecule has 0 atom stereocenters. The molecule has 4 nitrogen and oxygen atoms in total. The highest BCUT2D eigenvalue weighted by Crippen LogP contribution is 2.18. The van der Waals surface area contributed by atoms with E-state index in [0.29, 0.717) is 5.69 Å². The first-order valence-corrected chi connectivity index (χ1v) is 4.46. The molecule has 0 aliphatic carbocycles. The van der Waals surface area contributed by atoms with Gasteiger partial charge in [-0.1, -0.05) is 0 Å². The van der Waals surface area contributed by atoms with Crippen LogP contribution in [0.15, 0.2) is 34.4 Å². The molecule has 0 unspecified atom stereocenters. The molecule has 0 saturated carbocycles. The minimum atomic E-state index is 0.157. The van der Waals surface area contributed by atoms with Gasteiger partial charge in [0.05, 0.1) is 0 Å². The van der Waals surface area contributed by atoms with Gasteiger partial charge in [0.25, 0.3) is 0 Å². The summed E-state index contributed by atoms with van der Waals surface area (Å²) in [5.41, 5.74) is 0.315. The molecule has 0 saturated heterocycles. The van der Waals surface area contributed by atoms with Crippen LogP contribution in [0.3, 0.4) is 0 Å². The second-order valence-electron chi connectivity index (χ2n) is 2.06. The summed E-state index contributed by atoms with van der Waals surface area (Å²) in [6.45, 7) is 0. The first kappa shape index (κ1) is 8.86. The van der Waals surface area contributed by atoms with E-state index < -0.39 is 0 Å². The SMILES string of the molecule is CSc1ccc([N+]([O-])=NO)cc1. The Morgan fingerprint density at radius 3 is 2.42 bits per heavy atom. The Labute approximate surface area is 74.1 Å². The first-order valence-electron chi connectivity index (χ1n) is 3.24. The van der Waals surface area contributed by atoms with Gasteiger partial charge in [-0.25, -0.2) is 0 Å². The second-order valence-corrected chi connectivity index (χ2v) is 2.94. The molecule has 0 spiro atoms. The predicted octanol–water partition coefficient (Wildman–Crippen LogP) is 2.39. The largest absolute Gasteiger partial charge is 0.592 e. The summed E-state index contributed by atoms with van der Waals surface area (Å²) in [6.07, 6.45) is 1.94.